The molecule has 0 aliphatic carbocycles. The molecule has 0 N–H and O–H groups in total. The van der Waals surface area contributed by atoms with Gasteiger partial charge in [-0.05, 0) is 31.0 Å². The molecule has 13 heteroatoms. The van der Waals surface area contributed by atoms with Gasteiger partial charge >= 0.3 is 18.1 Å². The van der Waals surface area contributed by atoms with Crippen molar-refractivity contribution in [3.63, 3.8) is 0 Å². The number of hydrogen-bond acceptors (Lipinski definition) is 7. The Kier molecular flexibility index (Phi) is 8.24. The van der Waals surface area contributed by atoms with Crippen molar-refractivity contribution in [2.24, 2.45) is 5.92 Å². The second kappa shape index (κ2) is 10.3. The predicted molar refractivity (Wildman–Crippen MR) is 104 cm³/mol. The predicted octanol–water partition coefficient (Wildman–Crippen LogP) is 1.28. The Hall–Kier alpha value is -2.67. The van der Waals surface area contributed by atoms with E-state index in [1.165, 1.54) is 0 Å². The molecule has 1 aromatic rings. The fraction of sp³-hybridized carbons (Fsp3) is 0.526. The number of methoxy groups -OCH3 is 2. The van der Waals surface area contributed by atoms with Gasteiger partial charge in [0.05, 0.1) is 24.7 Å². The highest BCUT2D eigenvalue weighted by molar-refractivity contribution is 7.89. The number of esters is 2. The highest BCUT2D eigenvalue weighted by atomic mass is 32.2. The quantitative estimate of drug-likeness (QED) is 0.541. The molecule has 0 atom stereocenters. The molecule has 1 saturated heterocycles. The lowest BCUT2D eigenvalue weighted by atomic mass is 9.96. The molecule has 1 aromatic carbocycles. The number of carbonyl (C=O) groups is 3. The minimum atomic E-state index is -4.69. The highest BCUT2D eigenvalue weighted by Gasteiger charge is 2.36. The first kappa shape index (κ1) is 25.6. The highest BCUT2D eigenvalue weighted by Crippen LogP contribution is 2.32. The third-order valence-electron chi connectivity index (χ3n) is 5.01. The Labute approximate surface area is 183 Å². The van der Waals surface area contributed by atoms with Crippen molar-refractivity contribution >= 4 is 27.9 Å². The van der Waals surface area contributed by atoms with E-state index < -0.39 is 63.5 Å². The van der Waals surface area contributed by atoms with Crippen molar-refractivity contribution in [3.05, 3.63) is 29.8 Å². The molecular weight excluding hydrogens is 457 g/mol. The molecule has 2 rings (SSSR count). The van der Waals surface area contributed by atoms with E-state index in [0.29, 0.717) is 6.07 Å². The topological polar surface area (TPSA) is 110 Å². The molecule has 1 amide bonds. The maximum atomic E-state index is 12.9. The summed E-state index contributed by atoms with van der Waals surface area (Å²) in [6.07, 6.45) is -4.56. The zero-order valence-corrected chi connectivity index (χ0v) is 18.2. The molecule has 0 aromatic heterocycles. The summed E-state index contributed by atoms with van der Waals surface area (Å²) in [5, 5.41) is 0. The van der Waals surface area contributed by atoms with Crippen LogP contribution in [0.25, 0.3) is 0 Å². The largest absolute Gasteiger partial charge is 0.468 e. The van der Waals surface area contributed by atoms with Crippen LogP contribution in [0.2, 0.25) is 0 Å². The SMILES string of the molecule is COC(=O)CN(CC(=O)OC)C(=O)C1CCN(S(=O)(=O)c2cccc(C(F)(F)F)c2)CC1. The Morgan fingerprint density at radius 1 is 1.06 bits per heavy atom. The van der Waals surface area contributed by atoms with Crippen LogP contribution < -0.4 is 0 Å². The molecule has 1 aliphatic rings. The van der Waals surface area contributed by atoms with Crippen molar-refractivity contribution in [3.8, 4) is 0 Å². The minimum absolute atomic E-state index is 0.0653. The van der Waals surface area contributed by atoms with Crippen LogP contribution in [-0.2, 0) is 40.1 Å². The number of sulfonamides is 1. The molecule has 9 nitrogen and oxygen atoms in total. The van der Waals surface area contributed by atoms with Crippen LogP contribution in [0, 0.1) is 5.92 Å². The van der Waals surface area contributed by atoms with Gasteiger partial charge in [-0.2, -0.15) is 17.5 Å². The number of piperidine rings is 1. The van der Waals surface area contributed by atoms with Gasteiger partial charge in [-0.25, -0.2) is 8.42 Å². The van der Waals surface area contributed by atoms with Gasteiger partial charge in [0.1, 0.15) is 13.1 Å². The Morgan fingerprint density at radius 3 is 2.06 bits per heavy atom. The van der Waals surface area contributed by atoms with Gasteiger partial charge in [-0.1, -0.05) is 6.07 Å². The number of alkyl halides is 3. The van der Waals surface area contributed by atoms with Crippen LogP contribution in [0.1, 0.15) is 18.4 Å². The van der Waals surface area contributed by atoms with Crippen LogP contribution >= 0.6 is 0 Å². The number of amides is 1. The fourth-order valence-corrected chi connectivity index (χ4v) is 4.75. The molecule has 0 bridgehead atoms. The molecule has 178 valence electrons. The molecule has 0 radical (unpaired) electrons. The fourth-order valence-electron chi connectivity index (χ4n) is 3.24. The van der Waals surface area contributed by atoms with Crippen LogP contribution in [0.3, 0.4) is 0 Å². The average Bonchev–Trinajstić information content (AvgIpc) is 2.77. The number of ether oxygens (including phenoxy) is 2. The van der Waals surface area contributed by atoms with Crippen LogP contribution in [0.5, 0.6) is 0 Å². The summed E-state index contributed by atoms with van der Waals surface area (Å²) < 4.78 is 74.4. The van der Waals surface area contributed by atoms with E-state index in [0.717, 1.165) is 41.6 Å². The Bertz CT molecular complexity index is 940. The zero-order valence-electron chi connectivity index (χ0n) is 17.4. The first-order valence-corrected chi connectivity index (χ1v) is 10.9. The van der Waals surface area contributed by atoms with E-state index in [2.05, 4.69) is 9.47 Å². The number of hydrogen-bond donors (Lipinski definition) is 0. The standard InChI is InChI=1S/C19H23F3N2O7S/c1-30-16(25)11-23(12-17(26)31-2)18(27)13-6-8-24(9-7-13)32(28,29)15-5-3-4-14(10-15)19(20,21)22/h3-5,10,13H,6-9,11-12H2,1-2H3. The summed E-state index contributed by atoms with van der Waals surface area (Å²) in [5.74, 6) is -2.71. The summed E-state index contributed by atoms with van der Waals surface area (Å²) in [5.41, 5.74) is -1.08. The van der Waals surface area contributed by atoms with E-state index >= 15 is 0 Å². The molecule has 1 heterocycles. The van der Waals surface area contributed by atoms with Crippen molar-refractivity contribution in [1.29, 1.82) is 0 Å². The van der Waals surface area contributed by atoms with E-state index in [1.807, 2.05) is 0 Å². The van der Waals surface area contributed by atoms with Crippen molar-refractivity contribution in [2.75, 3.05) is 40.4 Å². The number of carbonyl (C=O) groups excluding carboxylic acids is 3. The molecule has 0 saturated carbocycles. The maximum absolute atomic E-state index is 12.9. The van der Waals surface area contributed by atoms with Gasteiger partial charge in [0, 0.05) is 19.0 Å². The second-order valence-corrected chi connectivity index (χ2v) is 8.99. The Morgan fingerprint density at radius 2 is 1.59 bits per heavy atom. The van der Waals surface area contributed by atoms with Gasteiger partial charge in [-0.3, -0.25) is 14.4 Å². The van der Waals surface area contributed by atoms with Crippen LogP contribution in [-0.4, -0.2) is 75.9 Å². The van der Waals surface area contributed by atoms with Gasteiger partial charge in [0.15, 0.2) is 0 Å². The van der Waals surface area contributed by atoms with E-state index in [9.17, 15) is 36.0 Å². The third-order valence-corrected chi connectivity index (χ3v) is 6.90. The summed E-state index contributed by atoms with van der Waals surface area (Å²) in [6.45, 7) is -1.18. The normalized spacial score (nSPS) is 15.8. The maximum Gasteiger partial charge on any atom is 0.416 e. The lowest BCUT2D eigenvalue weighted by Crippen LogP contribution is -2.47. The monoisotopic (exact) mass is 480 g/mol. The molecule has 0 unspecified atom stereocenters. The summed E-state index contributed by atoms with van der Waals surface area (Å²) in [6, 6.07) is 3.45. The third kappa shape index (κ3) is 6.19. The number of rotatable bonds is 7. The zero-order chi connectivity index (χ0) is 24.1. The lowest BCUT2D eigenvalue weighted by Gasteiger charge is -2.33. The lowest BCUT2D eigenvalue weighted by molar-refractivity contribution is -0.154. The van der Waals surface area contributed by atoms with Gasteiger partial charge in [0.25, 0.3) is 0 Å². The van der Waals surface area contributed by atoms with Crippen molar-refractivity contribution in [2.45, 2.75) is 23.9 Å². The Balaban J connectivity index is 2.11. The number of nitrogens with zero attached hydrogens (tertiary/aromatic N) is 2. The van der Waals surface area contributed by atoms with Crippen LogP contribution in [0.4, 0.5) is 13.2 Å². The first-order valence-electron chi connectivity index (χ1n) is 9.50. The molecular formula is C19H23F3N2O7S. The second-order valence-electron chi connectivity index (χ2n) is 7.05. The number of halogens is 3. The summed E-state index contributed by atoms with van der Waals surface area (Å²) in [4.78, 5) is 36.4. The van der Waals surface area contributed by atoms with Crippen molar-refractivity contribution < 1.29 is 45.4 Å². The van der Waals surface area contributed by atoms with Gasteiger partial charge in [0.2, 0.25) is 15.9 Å². The molecule has 32 heavy (non-hydrogen) atoms. The molecule has 0 spiro atoms. The molecule has 1 aliphatic heterocycles. The molecule has 1 fully saturated rings. The first-order chi connectivity index (χ1) is 14.9. The minimum Gasteiger partial charge on any atom is -0.468 e. The summed E-state index contributed by atoms with van der Waals surface area (Å²) in [7, 11) is -1.95. The van der Waals surface area contributed by atoms with E-state index in [4.69, 9.17) is 0 Å². The summed E-state index contributed by atoms with van der Waals surface area (Å²) >= 11 is 0. The average molecular weight is 480 g/mol. The van der Waals surface area contributed by atoms with Gasteiger partial charge < -0.3 is 14.4 Å². The van der Waals surface area contributed by atoms with Gasteiger partial charge in [-0.15, -0.1) is 0 Å². The van der Waals surface area contributed by atoms with Crippen molar-refractivity contribution in [1.82, 2.24) is 9.21 Å². The van der Waals surface area contributed by atoms with E-state index in [1.54, 1.807) is 0 Å². The van der Waals surface area contributed by atoms with Crippen LogP contribution in [0.15, 0.2) is 29.2 Å². The van der Waals surface area contributed by atoms with E-state index in [-0.39, 0.29) is 25.9 Å². The number of benzene rings is 1. The smallest absolute Gasteiger partial charge is 0.416 e.